The highest BCUT2D eigenvalue weighted by atomic mass is 32.1. The number of hydrogen-bond acceptors (Lipinski definition) is 4. The first-order valence-corrected chi connectivity index (χ1v) is 8.65. The maximum atomic E-state index is 12.2. The maximum absolute atomic E-state index is 12.2. The van der Waals surface area contributed by atoms with Gasteiger partial charge in [-0.1, -0.05) is 19.3 Å². The van der Waals surface area contributed by atoms with Gasteiger partial charge < -0.3 is 10.6 Å². The Hall–Kier alpha value is -2.48. The zero-order valence-corrected chi connectivity index (χ0v) is 14.9. The Kier molecular flexibility index (Phi) is 6.88. The number of benzene rings is 1. The number of carbonyl (C=O) groups excluding carboxylic acids is 3. The fourth-order valence-electron chi connectivity index (χ4n) is 2.69. The molecule has 0 aromatic heterocycles. The lowest BCUT2D eigenvalue weighted by Gasteiger charge is -2.20. The minimum atomic E-state index is -0.405. The van der Waals surface area contributed by atoms with Crippen LogP contribution in [-0.4, -0.2) is 22.8 Å². The summed E-state index contributed by atoms with van der Waals surface area (Å²) in [5.41, 5.74) is 5.87. The van der Waals surface area contributed by atoms with Gasteiger partial charge in [-0.3, -0.25) is 25.2 Å². The van der Waals surface area contributed by atoms with Crippen LogP contribution in [0.15, 0.2) is 24.3 Å². The lowest BCUT2D eigenvalue weighted by Crippen LogP contribution is -2.47. The van der Waals surface area contributed by atoms with Crippen LogP contribution in [0.25, 0.3) is 0 Å². The van der Waals surface area contributed by atoms with Gasteiger partial charge in [0.05, 0.1) is 0 Å². The molecule has 134 valence electrons. The van der Waals surface area contributed by atoms with Crippen LogP contribution in [0.3, 0.4) is 0 Å². The monoisotopic (exact) mass is 362 g/mol. The van der Waals surface area contributed by atoms with Crippen molar-refractivity contribution in [2.45, 2.75) is 39.0 Å². The molecule has 1 aromatic carbocycles. The second-order valence-electron chi connectivity index (χ2n) is 5.99. The van der Waals surface area contributed by atoms with Gasteiger partial charge in [0, 0.05) is 24.1 Å². The first-order chi connectivity index (χ1) is 12.0. The standard InChI is InChI=1S/C17H22N4O3S/c1-11(22)18-17(25)21-20-16(24)13-7-9-14(10-8-13)19-15(23)12-5-3-2-4-6-12/h7-10,12H,2-6H2,1H3,(H,19,23)(H,20,24)(H2,18,21,22,25). The summed E-state index contributed by atoms with van der Waals surface area (Å²) < 4.78 is 0. The van der Waals surface area contributed by atoms with Gasteiger partial charge >= 0.3 is 0 Å². The Morgan fingerprint density at radius 1 is 1.00 bits per heavy atom. The molecule has 0 spiro atoms. The molecule has 0 aliphatic heterocycles. The molecule has 1 aromatic rings. The molecule has 0 heterocycles. The first kappa shape index (κ1) is 18.9. The van der Waals surface area contributed by atoms with Crippen molar-refractivity contribution < 1.29 is 14.4 Å². The Labute approximate surface area is 151 Å². The summed E-state index contributed by atoms with van der Waals surface area (Å²) in [7, 11) is 0. The van der Waals surface area contributed by atoms with Crippen LogP contribution >= 0.6 is 12.2 Å². The topological polar surface area (TPSA) is 99.3 Å². The molecular weight excluding hydrogens is 340 g/mol. The van der Waals surface area contributed by atoms with E-state index in [1.807, 2.05) is 0 Å². The summed E-state index contributed by atoms with van der Waals surface area (Å²) in [6.45, 7) is 1.32. The average molecular weight is 362 g/mol. The number of carbonyl (C=O) groups is 3. The zero-order chi connectivity index (χ0) is 18.2. The van der Waals surface area contributed by atoms with E-state index >= 15 is 0 Å². The van der Waals surface area contributed by atoms with E-state index in [0.717, 1.165) is 25.7 Å². The highest BCUT2D eigenvalue weighted by Gasteiger charge is 2.21. The predicted octanol–water partition coefficient (Wildman–Crippen LogP) is 1.86. The third kappa shape index (κ3) is 6.15. The third-order valence-electron chi connectivity index (χ3n) is 3.97. The summed E-state index contributed by atoms with van der Waals surface area (Å²) in [6.07, 6.45) is 5.28. The summed E-state index contributed by atoms with van der Waals surface area (Å²) in [4.78, 5) is 35.0. The van der Waals surface area contributed by atoms with Crippen LogP contribution in [0.2, 0.25) is 0 Å². The molecule has 8 heteroatoms. The van der Waals surface area contributed by atoms with Crippen LogP contribution in [0, 0.1) is 5.92 Å². The van der Waals surface area contributed by atoms with Crippen molar-refractivity contribution in [2.24, 2.45) is 5.92 Å². The minimum Gasteiger partial charge on any atom is -0.326 e. The van der Waals surface area contributed by atoms with Gasteiger partial charge in [-0.15, -0.1) is 0 Å². The summed E-state index contributed by atoms with van der Waals surface area (Å²) >= 11 is 4.82. The fourth-order valence-corrected chi connectivity index (χ4v) is 2.89. The Bertz CT molecular complexity index is 654. The molecule has 0 bridgehead atoms. The second-order valence-corrected chi connectivity index (χ2v) is 6.40. The molecule has 7 nitrogen and oxygen atoms in total. The van der Waals surface area contributed by atoms with Gasteiger partial charge in [-0.2, -0.15) is 0 Å². The highest BCUT2D eigenvalue weighted by molar-refractivity contribution is 7.80. The summed E-state index contributed by atoms with van der Waals surface area (Å²) in [5.74, 6) is -0.613. The summed E-state index contributed by atoms with van der Waals surface area (Å²) in [5, 5.41) is 5.24. The number of rotatable bonds is 3. The lowest BCUT2D eigenvalue weighted by atomic mass is 9.88. The summed E-state index contributed by atoms with van der Waals surface area (Å²) in [6, 6.07) is 6.58. The number of hydrogen-bond donors (Lipinski definition) is 4. The first-order valence-electron chi connectivity index (χ1n) is 8.24. The molecule has 1 aliphatic carbocycles. The van der Waals surface area contributed by atoms with E-state index in [0.29, 0.717) is 11.3 Å². The molecule has 0 unspecified atom stereocenters. The van der Waals surface area contributed by atoms with Crippen molar-refractivity contribution in [3.63, 3.8) is 0 Å². The Morgan fingerprint density at radius 2 is 1.64 bits per heavy atom. The molecule has 25 heavy (non-hydrogen) atoms. The molecule has 0 radical (unpaired) electrons. The van der Waals surface area contributed by atoms with E-state index in [4.69, 9.17) is 12.2 Å². The molecule has 4 N–H and O–H groups in total. The molecule has 1 fully saturated rings. The zero-order valence-electron chi connectivity index (χ0n) is 14.1. The highest BCUT2D eigenvalue weighted by Crippen LogP contribution is 2.25. The van der Waals surface area contributed by atoms with Crippen LogP contribution < -0.4 is 21.5 Å². The number of nitrogens with one attached hydrogen (secondary N) is 4. The number of anilines is 1. The third-order valence-corrected chi connectivity index (χ3v) is 4.17. The quantitative estimate of drug-likeness (QED) is 0.486. The van der Waals surface area contributed by atoms with Crippen molar-refractivity contribution in [3.05, 3.63) is 29.8 Å². The van der Waals surface area contributed by atoms with Gasteiger partial charge in [0.15, 0.2) is 5.11 Å². The van der Waals surface area contributed by atoms with Gasteiger partial charge in [-0.05, 0) is 49.3 Å². The Morgan fingerprint density at radius 3 is 2.24 bits per heavy atom. The van der Waals surface area contributed by atoms with Gasteiger partial charge in [0.2, 0.25) is 11.8 Å². The molecule has 0 saturated heterocycles. The van der Waals surface area contributed by atoms with E-state index in [1.165, 1.54) is 13.3 Å². The number of hydrazine groups is 1. The maximum Gasteiger partial charge on any atom is 0.269 e. The van der Waals surface area contributed by atoms with E-state index in [-0.39, 0.29) is 22.8 Å². The SMILES string of the molecule is CC(=O)NC(=S)NNC(=O)c1ccc(NC(=O)C2CCCCC2)cc1. The van der Waals surface area contributed by atoms with E-state index in [1.54, 1.807) is 24.3 Å². The van der Waals surface area contributed by atoms with Crippen molar-refractivity contribution in [2.75, 3.05) is 5.32 Å². The van der Waals surface area contributed by atoms with E-state index in [9.17, 15) is 14.4 Å². The van der Waals surface area contributed by atoms with Gasteiger partial charge in [0.25, 0.3) is 5.91 Å². The molecule has 1 aliphatic rings. The van der Waals surface area contributed by atoms with Crippen LogP contribution in [0.5, 0.6) is 0 Å². The fraction of sp³-hybridized carbons (Fsp3) is 0.412. The predicted molar refractivity (Wildman–Crippen MR) is 98.7 cm³/mol. The smallest absolute Gasteiger partial charge is 0.269 e. The van der Waals surface area contributed by atoms with E-state index in [2.05, 4.69) is 21.5 Å². The van der Waals surface area contributed by atoms with Gasteiger partial charge in [0.1, 0.15) is 0 Å². The molecule has 1 saturated carbocycles. The second kappa shape index (κ2) is 9.12. The van der Waals surface area contributed by atoms with Crippen molar-refractivity contribution in [1.82, 2.24) is 16.2 Å². The van der Waals surface area contributed by atoms with Crippen LogP contribution in [0.4, 0.5) is 5.69 Å². The lowest BCUT2D eigenvalue weighted by molar-refractivity contribution is -0.120. The molecule has 3 amide bonds. The molecular formula is C17H22N4O3S. The minimum absolute atomic E-state index is 0.0113. The number of thiocarbonyl (C=S) groups is 1. The number of amides is 3. The van der Waals surface area contributed by atoms with E-state index < -0.39 is 5.91 Å². The van der Waals surface area contributed by atoms with Crippen molar-refractivity contribution >= 4 is 40.7 Å². The van der Waals surface area contributed by atoms with Crippen molar-refractivity contribution in [1.29, 1.82) is 0 Å². The molecule has 2 rings (SSSR count). The normalized spacial score (nSPS) is 14.3. The largest absolute Gasteiger partial charge is 0.326 e. The Balaban J connectivity index is 1.84. The average Bonchev–Trinajstić information content (AvgIpc) is 2.60. The van der Waals surface area contributed by atoms with Crippen molar-refractivity contribution in [3.8, 4) is 0 Å². The van der Waals surface area contributed by atoms with Crippen LogP contribution in [0.1, 0.15) is 49.4 Å². The van der Waals surface area contributed by atoms with Gasteiger partial charge in [-0.25, -0.2) is 0 Å². The van der Waals surface area contributed by atoms with Crippen LogP contribution in [-0.2, 0) is 9.59 Å². The molecule has 0 atom stereocenters.